The lowest BCUT2D eigenvalue weighted by Crippen LogP contribution is -2.35. The molecule has 0 fully saturated rings. The Balaban J connectivity index is 2.06. The number of benzene rings is 1. The zero-order chi connectivity index (χ0) is 22.2. The highest BCUT2D eigenvalue weighted by Gasteiger charge is 2.18. The van der Waals surface area contributed by atoms with Gasteiger partial charge in [-0.1, -0.05) is 23.2 Å². The molecular formula is C17H13Cl2N5O6. The first kappa shape index (κ1) is 21.3. The summed E-state index contributed by atoms with van der Waals surface area (Å²) in [6, 6.07) is 4.88. The van der Waals surface area contributed by atoms with E-state index in [1.807, 2.05) is 4.98 Å². The van der Waals surface area contributed by atoms with Gasteiger partial charge in [0.1, 0.15) is 0 Å². The zero-order valence-electron chi connectivity index (χ0n) is 15.4. The van der Waals surface area contributed by atoms with Gasteiger partial charge in [-0.3, -0.25) is 14.6 Å². The van der Waals surface area contributed by atoms with Gasteiger partial charge in [-0.05, 0) is 26.0 Å². The Bertz CT molecular complexity index is 1300. The van der Waals surface area contributed by atoms with E-state index in [4.69, 9.17) is 33.0 Å². The van der Waals surface area contributed by atoms with Gasteiger partial charge in [0.25, 0.3) is 11.1 Å². The van der Waals surface area contributed by atoms with Crippen molar-refractivity contribution in [3.8, 4) is 17.3 Å². The van der Waals surface area contributed by atoms with Crippen molar-refractivity contribution in [1.29, 1.82) is 0 Å². The number of nitrogens with one attached hydrogen (secondary N) is 1. The molecule has 3 rings (SSSR count). The Kier molecular flexibility index (Phi) is 5.76. The Hall–Kier alpha value is -3.44. The molecule has 3 aromatic rings. The monoisotopic (exact) mass is 453 g/mol. The molecule has 0 saturated carbocycles. The van der Waals surface area contributed by atoms with Gasteiger partial charge in [0, 0.05) is 12.1 Å². The van der Waals surface area contributed by atoms with Crippen LogP contribution in [0.4, 0.5) is 0 Å². The molecule has 0 bridgehead atoms. The van der Waals surface area contributed by atoms with Crippen LogP contribution in [0.1, 0.15) is 30.4 Å². The molecule has 13 heteroatoms. The van der Waals surface area contributed by atoms with Crippen LogP contribution >= 0.6 is 23.2 Å². The topological polar surface area (TPSA) is 149 Å². The maximum atomic E-state index is 12.0. The molecule has 30 heavy (non-hydrogen) atoms. The zero-order valence-corrected chi connectivity index (χ0v) is 16.9. The minimum Gasteiger partial charge on any atom is -0.476 e. The number of rotatable bonds is 5. The van der Waals surface area contributed by atoms with Gasteiger partial charge in [0.2, 0.25) is 11.6 Å². The third kappa shape index (κ3) is 4.11. The number of hydrogen-bond donors (Lipinski definition) is 2. The Morgan fingerprint density at radius 2 is 1.77 bits per heavy atom. The van der Waals surface area contributed by atoms with Crippen LogP contribution in [0.5, 0.6) is 11.6 Å². The quantitative estimate of drug-likeness (QED) is 0.593. The molecule has 156 valence electrons. The van der Waals surface area contributed by atoms with E-state index in [0.29, 0.717) is 4.68 Å². The first-order valence-corrected chi connectivity index (χ1v) is 9.08. The van der Waals surface area contributed by atoms with Gasteiger partial charge in [0.15, 0.2) is 5.75 Å². The number of carbonyl (C=O) groups is 1. The van der Waals surface area contributed by atoms with Crippen LogP contribution in [0.3, 0.4) is 0 Å². The summed E-state index contributed by atoms with van der Waals surface area (Å²) >= 11 is 12.4. The van der Waals surface area contributed by atoms with Crippen molar-refractivity contribution in [1.82, 2.24) is 24.5 Å². The van der Waals surface area contributed by atoms with Crippen molar-refractivity contribution >= 4 is 29.2 Å². The Morgan fingerprint density at radius 1 is 1.13 bits per heavy atom. The maximum Gasteiger partial charge on any atom is 0.362 e. The van der Waals surface area contributed by atoms with E-state index >= 15 is 0 Å². The van der Waals surface area contributed by atoms with E-state index in [9.17, 15) is 19.2 Å². The van der Waals surface area contributed by atoms with E-state index in [1.54, 1.807) is 13.8 Å². The molecular weight excluding hydrogens is 441 g/mol. The van der Waals surface area contributed by atoms with Crippen molar-refractivity contribution in [2.24, 2.45) is 0 Å². The van der Waals surface area contributed by atoms with Crippen LogP contribution in [-0.4, -0.2) is 35.6 Å². The second kappa shape index (κ2) is 8.13. The number of aromatic amines is 1. The second-order valence-electron chi connectivity index (χ2n) is 6.21. The van der Waals surface area contributed by atoms with Gasteiger partial charge in [-0.25, -0.2) is 14.3 Å². The smallest absolute Gasteiger partial charge is 0.362 e. The predicted octanol–water partition coefficient (Wildman–Crippen LogP) is 1.86. The molecule has 0 aliphatic rings. The summed E-state index contributed by atoms with van der Waals surface area (Å²) in [4.78, 5) is 48.4. The Labute approximate surface area is 177 Å². The maximum absolute atomic E-state index is 12.0. The fraction of sp³-hybridized carbons (Fsp3) is 0.176. The minimum atomic E-state index is -1.62. The number of aromatic carboxylic acids is 1. The molecule has 0 atom stereocenters. The highest BCUT2D eigenvalue weighted by molar-refractivity contribution is 6.37. The van der Waals surface area contributed by atoms with Crippen molar-refractivity contribution in [3.63, 3.8) is 0 Å². The molecule has 11 nitrogen and oxygen atoms in total. The lowest BCUT2D eigenvalue weighted by molar-refractivity contribution is 0.0685. The van der Waals surface area contributed by atoms with Gasteiger partial charge >= 0.3 is 11.7 Å². The molecule has 0 amide bonds. The van der Waals surface area contributed by atoms with Gasteiger partial charge in [-0.2, -0.15) is 9.78 Å². The fourth-order valence-electron chi connectivity index (χ4n) is 2.42. The van der Waals surface area contributed by atoms with E-state index in [1.165, 1.54) is 28.9 Å². The summed E-state index contributed by atoms with van der Waals surface area (Å²) in [5.74, 6) is -1.58. The van der Waals surface area contributed by atoms with Crippen LogP contribution in [0.25, 0.3) is 5.69 Å². The van der Waals surface area contributed by atoms with Crippen LogP contribution in [0, 0.1) is 0 Å². The normalized spacial score (nSPS) is 11.0. The standard InChI is InChI=1S/C17H13Cl2N5O6/c1-7(2)23-12(25)4-3-11(21-23)30-14-9(18)5-8(6-10(14)19)24-17(29)20-15(26)13(22-24)16(27)28/h3-7H,1-2H3,(H,27,28)(H,20,26,29). The molecule has 0 aliphatic carbocycles. The molecule has 2 aromatic heterocycles. The van der Waals surface area contributed by atoms with Crippen molar-refractivity contribution in [2.45, 2.75) is 19.9 Å². The molecule has 0 spiro atoms. The van der Waals surface area contributed by atoms with Gasteiger partial charge in [0.05, 0.1) is 21.8 Å². The molecule has 0 radical (unpaired) electrons. The van der Waals surface area contributed by atoms with E-state index in [0.717, 1.165) is 0 Å². The van der Waals surface area contributed by atoms with Crippen LogP contribution in [-0.2, 0) is 0 Å². The van der Waals surface area contributed by atoms with Crippen LogP contribution < -0.4 is 21.5 Å². The van der Waals surface area contributed by atoms with Crippen LogP contribution in [0.15, 0.2) is 38.6 Å². The highest BCUT2D eigenvalue weighted by Crippen LogP contribution is 2.37. The number of halogens is 2. The van der Waals surface area contributed by atoms with Crippen LogP contribution in [0.2, 0.25) is 10.0 Å². The van der Waals surface area contributed by atoms with Gasteiger partial charge < -0.3 is 9.84 Å². The third-order valence-corrected chi connectivity index (χ3v) is 4.32. The number of hydrogen-bond acceptors (Lipinski definition) is 7. The van der Waals surface area contributed by atoms with Crippen molar-refractivity contribution < 1.29 is 14.6 Å². The summed E-state index contributed by atoms with van der Waals surface area (Å²) in [7, 11) is 0. The summed E-state index contributed by atoms with van der Waals surface area (Å²) < 4.78 is 7.43. The van der Waals surface area contributed by atoms with E-state index in [2.05, 4.69) is 10.2 Å². The molecule has 2 N–H and O–H groups in total. The summed E-state index contributed by atoms with van der Waals surface area (Å²) in [5, 5.41) is 16.5. The largest absolute Gasteiger partial charge is 0.476 e. The Morgan fingerprint density at radius 3 is 2.33 bits per heavy atom. The van der Waals surface area contributed by atoms with E-state index in [-0.39, 0.29) is 39.0 Å². The summed E-state index contributed by atoms with van der Waals surface area (Å²) in [5.41, 5.74) is -3.35. The molecule has 0 aliphatic heterocycles. The molecule has 0 unspecified atom stereocenters. The number of carboxylic acid groups (broad SMARTS) is 1. The van der Waals surface area contributed by atoms with Crippen molar-refractivity contribution in [2.75, 3.05) is 0 Å². The lowest BCUT2D eigenvalue weighted by Gasteiger charge is -2.13. The summed E-state index contributed by atoms with van der Waals surface area (Å²) in [6.45, 7) is 3.54. The minimum absolute atomic E-state index is 0.0128. The average Bonchev–Trinajstić information content (AvgIpc) is 2.65. The average molecular weight is 454 g/mol. The summed E-state index contributed by atoms with van der Waals surface area (Å²) in [6.07, 6.45) is 0. The second-order valence-corrected chi connectivity index (χ2v) is 7.03. The number of ether oxygens (including phenoxy) is 1. The number of nitrogens with zero attached hydrogens (tertiary/aromatic N) is 4. The third-order valence-electron chi connectivity index (χ3n) is 3.75. The molecule has 0 saturated heterocycles. The lowest BCUT2D eigenvalue weighted by atomic mass is 10.3. The first-order chi connectivity index (χ1) is 14.1. The fourth-order valence-corrected chi connectivity index (χ4v) is 2.97. The number of H-pyrrole nitrogens is 1. The first-order valence-electron chi connectivity index (χ1n) is 8.32. The molecule has 1 aromatic carbocycles. The SMILES string of the molecule is CC(C)n1nc(Oc2c(Cl)cc(-n3nc(C(=O)O)c(=O)[nH]c3=O)cc2Cl)ccc1=O. The number of aromatic nitrogens is 5. The highest BCUT2D eigenvalue weighted by atomic mass is 35.5. The van der Waals surface area contributed by atoms with E-state index < -0.39 is 22.9 Å². The van der Waals surface area contributed by atoms with Crippen molar-refractivity contribution in [3.05, 3.63) is 71.2 Å². The van der Waals surface area contributed by atoms with Gasteiger partial charge in [-0.15, -0.1) is 5.10 Å². The molecule has 2 heterocycles. The number of carboxylic acids is 1. The predicted molar refractivity (Wildman–Crippen MR) is 106 cm³/mol.